The summed E-state index contributed by atoms with van der Waals surface area (Å²) in [6.45, 7) is 1.92. The van der Waals surface area contributed by atoms with E-state index in [1.165, 1.54) is 5.01 Å². The van der Waals surface area contributed by atoms with Crippen LogP contribution in [0.1, 0.15) is 26.2 Å². The highest BCUT2D eigenvalue weighted by Crippen LogP contribution is 2.36. The average Bonchev–Trinajstić information content (AvgIpc) is 2.88. The summed E-state index contributed by atoms with van der Waals surface area (Å²) >= 11 is 0. The molecule has 1 saturated carbocycles. The topological polar surface area (TPSA) is 70.0 Å². The SMILES string of the molecule is CC(C1CC1)N1N=C(C(=O)O)CC1=O. The summed E-state index contributed by atoms with van der Waals surface area (Å²) in [5.74, 6) is -0.776. The van der Waals surface area contributed by atoms with Crippen molar-refractivity contribution in [2.45, 2.75) is 32.2 Å². The van der Waals surface area contributed by atoms with Crippen LogP contribution < -0.4 is 0 Å². The van der Waals surface area contributed by atoms with Gasteiger partial charge in [-0.15, -0.1) is 0 Å². The van der Waals surface area contributed by atoms with Crippen LogP contribution in [-0.4, -0.2) is 33.7 Å². The molecule has 14 heavy (non-hydrogen) atoms. The monoisotopic (exact) mass is 196 g/mol. The third kappa shape index (κ3) is 1.49. The summed E-state index contributed by atoms with van der Waals surface area (Å²) in [6.07, 6.45) is 2.16. The van der Waals surface area contributed by atoms with Gasteiger partial charge in [0.05, 0.1) is 12.5 Å². The molecule has 0 spiro atoms. The van der Waals surface area contributed by atoms with Crippen molar-refractivity contribution in [3.05, 3.63) is 0 Å². The smallest absolute Gasteiger partial charge is 0.352 e. The van der Waals surface area contributed by atoms with E-state index in [9.17, 15) is 9.59 Å². The minimum atomic E-state index is -1.09. The van der Waals surface area contributed by atoms with Crippen LogP contribution in [0.25, 0.3) is 0 Å². The van der Waals surface area contributed by atoms with Gasteiger partial charge < -0.3 is 5.11 Å². The summed E-state index contributed by atoms with van der Waals surface area (Å²) in [5, 5.41) is 13.8. The lowest BCUT2D eigenvalue weighted by Crippen LogP contribution is -2.32. The van der Waals surface area contributed by atoms with Crippen LogP contribution in [0.2, 0.25) is 0 Å². The van der Waals surface area contributed by atoms with Crippen molar-refractivity contribution >= 4 is 17.6 Å². The van der Waals surface area contributed by atoms with Gasteiger partial charge in [0, 0.05) is 0 Å². The van der Waals surface area contributed by atoms with Gasteiger partial charge in [-0.25, -0.2) is 9.80 Å². The van der Waals surface area contributed by atoms with E-state index in [0.717, 1.165) is 12.8 Å². The molecule has 1 aliphatic carbocycles. The van der Waals surface area contributed by atoms with Crippen LogP contribution in [0, 0.1) is 5.92 Å². The molecule has 1 aliphatic heterocycles. The van der Waals surface area contributed by atoms with Crippen LogP contribution >= 0.6 is 0 Å². The van der Waals surface area contributed by atoms with Crippen molar-refractivity contribution < 1.29 is 14.7 Å². The van der Waals surface area contributed by atoms with Gasteiger partial charge >= 0.3 is 5.97 Å². The first kappa shape index (κ1) is 9.18. The Kier molecular flexibility index (Phi) is 2.02. The molecular formula is C9H12N2O3. The van der Waals surface area contributed by atoms with E-state index in [-0.39, 0.29) is 24.1 Å². The van der Waals surface area contributed by atoms with E-state index >= 15 is 0 Å². The Bertz CT molecular complexity index is 320. The van der Waals surface area contributed by atoms with Gasteiger partial charge in [0.1, 0.15) is 0 Å². The predicted octanol–water partition coefficient (Wildman–Crippen LogP) is 0.458. The second-order valence-corrected chi connectivity index (χ2v) is 3.84. The number of hydrogen-bond donors (Lipinski definition) is 1. The van der Waals surface area contributed by atoms with E-state index in [1.54, 1.807) is 0 Å². The van der Waals surface area contributed by atoms with Crippen molar-refractivity contribution in [2.75, 3.05) is 0 Å². The fourth-order valence-corrected chi connectivity index (χ4v) is 1.66. The van der Waals surface area contributed by atoms with E-state index in [2.05, 4.69) is 5.10 Å². The number of carboxylic acid groups (broad SMARTS) is 1. The molecule has 1 N–H and O–H groups in total. The van der Waals surface area contributed by atoms with Gasteiger partial charge in [0.25, 0.3) is 0 Å². The first-order valence-corrected chi connectivity index (χ1v) is 4.72. The minimum Gasteiger partial charge on any atom is -0.477 e. The molecule has 1 unspecified atom stereocenters. The van der Waals surface area contributed by atoms with Crippen LogP contribution in [0.4, 0.5) is 0 Å². The molecule has 5 nitrogen and oxygen atoms in total. The Balaban J connectivity index is 2.11. The Morgan fingerprint density at radius 3 is 2.71 bits per heavy atom. The van der Waals surface area contributed by atoms with Gasteiger partial charge in [0.15, 0.2) is 5.71 Å². The number of hydrazone groups is 1. The summed E-state index contributed by atoms with van der Waals surface area (Å²) in [5.41, 5.74) is -0.0394. The molecule has 0 aromatic heterocycles. The summed E-state index contributed by atoms with van der Waals surface area (Å²) in [6, 6.07) is 0.0550. The number of hydrogen-bond acceptors (Lipinski definition) is 3. The highest BCUT2D eigenvalue weighted by atomic mass is 16.4. The Morgan fingerprint density at radius 2 is 2.29 bits per heavy atom. The van der Waals surface area contributed by atoms with Gasteiger partial charge in [-0.05, 0) is 25.7 Å². The lowest BCUT2D eigenvalue weighted by atomic mass is 10.2. The summed E-state index contributed by atoms with van der Waals surface area (Å²) in [4.78, 5) is 22.0. The van der Waals surface area contributed by atoms with E-state index in [0.29, 0.717) is 5.92 Å². The number of carboxylic acids is 1. The third-order valence-corrected chi connectivity index (χ3v) is 2.74. The second kappa shape index (κ2) is 3.08. The second-order valence-electron chi connectivity index (χ2n) is 3.84. The maximum atomic E-state index is 11.4. The maximum absolute atomic E-state index is 11.4. The summed E-state index contributed by atoms with van der Waals surface area (Å²) < 4.78 is 0. The predicted molar refractivity (Wildman–Crippen MR) is 48.7 cm³/mol. The number of rotatable bonds is 3. The van der Waals surface area contributed by atoms with E-state index in [4.69, 9.17) is 5.11 Å². The third-order valence-electron chi connectivity index (χ3n) is 2.74. The molecule has 2 aliphatic rings. The van der Waals surface area contributed by atoms with Crippen molar-refractivity contribution in [3.8, 4) is 0 Å². The zero-order chi connectivity index (χ0) is 10.3. The maximum Gasteiger partial charge on any atom is 0.352 e. The Hall–Kier alpha value is -1.39. The number of amides is 1. The lowest BCUT2D eigenvalue weighted by molar-refractivity contribution is -0.132. The molecule has 0 radical (unpaired) electrons. The zero-order valence-electron chi connectivity index (χ0n) is 7.93. The molecule has 0 aromatic rings. The van der Waals surface area contributed by atoms with E-state index in [1.807, 2.05) is 6.92 Å². The highest BCUT2D eigenvalue weighted by Gasteiger charge is 2.38. The number of carbonyl (C=O) groups is 2. The van der Waals surface area contributed by atoms with Crippen molar-refractivity contribution in [1.82, 2.24) is 5.01 Å². The molecule has 2 rings (SSSR count). The standard InChI is InChI=1S/C9H12N2O3/c1-5(6-2-3-6)11-8(12)4-7(10-11)9(13)14/h5-6H,2-4H2,1H3,(H,13,14). The number of carbonyl (C=O) groups excluding carboxylic acids is 1. The first-order chi connectivity index (χ1) is 6.59. The lowest BCUT2D eigenvalue weighted by Gasteiger charge is -2.19. The van der Waals surface area contributed by atoms with Crippen molar-refractivity contribution in [2.24, 2.45) is 11.0 Å². The average molecular weight is 196 g/mol. The Morgan fingerprint density at radius 1 is 1.64 bits per heavy atom. The van der Waals surface area contributed by atoms with Crippen LogP contribution in [0.3, 0.4) is 0 Å². The zero-order valence-corrected chi connectivity index (χ0v) is 7.93. The highest BCUT2D eigenvalue weighted by molar-refractivity contribution is 6.40. The number of nitrogens with zero attached hydrogens (tertiary/aromatic N) is 2. The van der Waals surface area contributed by atoms with E-state index < -0.39 is 5.97 Å². The fourth-order valence-electron chi connectivity index (χ4n) is 1.66. The molecule has 0 aromatic carbocycles. The van der Waals surface area contributed by atoms with Crippen LogP contribution in [0.5, 0.6) is 0 Å². The van der Waals surface area contributed by atoms with Gasteiger partial charge in [-0.2, -0.15) is 5.10 Å². The quantitative estimate of drug-likeness (QED) is 0.712. The normalized spacial score (nSPS) is 23.6. The number of aliphatic carboxylic acids is 1. The molecule has 1 heterocycles. The minimum absolute atomic E-state index is 0.0394. The molecule has 0 bridgehead atoms. The van der Waals surface area contributed by atoms with Gasteiger partial charge in [0.2, 0.25) is 5.91 Å². The van der Waals surface area contributed by atoms with Crippen LogP contribution in [-0.2, 0) is 9.59 Å². The molecule has 1 atom stereocenters. The molecule has 76 valence electrons. The molecule has 0 saturated heterocycles. The Labute approximate surface area is 81.4 Å². The molecule has 1 fully saturated rings. The molecular weight excluding hydrogens is 184 g/mol. The fraction of sp³-hybridized carbons (Fsp3) is 0.667. The van der Waals surface area contributed by atoms with Gasteiger partial charge in [-0.1, -0.05) is 0 Å². The first-order valence-electron chi connectivity index (χ1n) is 4.72. The molecule has 5 heteroatoms. The van der Waals surface area contributed by atoms with Crippen molar-refractivity contribution in [3.63, 3.8) is 0 Å². The van der Waals surface area contributed by atoms with Crippen LogP contribution in [0.15, 0.2) is 5.10 Å². The molecule has 1 amide bonds. The van der Waals surface area contributed by atoms with Gasteiger partial charge in [-0.3, -0.25) is 4.79 Å². The summed E-state index contributed by atoms with van der Waals surface area (Å²) in [7, 11) is 0. The van der Waals surface area contributed by atoms with Crippen molar-refractivity contribution in [1.29, 1.82) is 0 Å². The largest absolute Gasteiger partial charge is 0.477 e.